The zero-order valence-electron chi connectivity index (χ0n) is 14.5. The molecule has 1 fully saturated rings. The van der Waals surface area contributed by atoms with Crippen molar-refractivity contribution in [3.8, 4) is 6.07 Å². The first-order valence-corrected chi connectivity index (χ1v) is 8.09. The van der Waals surface area contributed by atoms with Crippen LogP contribution in [0.4, 0.5) is 0 Å². The van der Waals surface area contributed by atoms with Crippen molar-refractivity contribution in [2.24, 2.45) is 10.8 Å². The molecule has 0 aromatic carbocycles. The normalized spacial score (nSPS) is 25.7. The molecule has 1 aromatic rings. The van der Waals surface area contributed by atoms with Crippen LogP contribution in [0.1, 0.15) is 48.5 Å². The summed E-state index contributed by atoms with van der Waals surface area (Å²) in [5, 5.41) is 13.2. The first kappa shape index (κ1) is 16.4. The minimum atomic E-state index is -0.584. The fourth-order valence-corrected chi connectivity index (χ4v) is 3.93. The number of carbonyl (C=O) groups is 2. The van der Waals surface area contributed by atoms with Crippen molar-refractivity contribution in [2.45, 2.75) is 40.5 Å². The molecule has 0 N–H and O–H groups in total. The SMILES string of the molecule is Cc1onc(C(=O)N2CC[C@]3(C=C(C#N)C(=O)C(C)(C)C3)C2)c1C. The smallest absolute Gasteiger partial charge is 0.276 e. The summed E-state index contributed by atoms with van der Waals surface area (Å²) in [6, 6.07) is 2.03. The third kappa shape index (κ3) is 2.44. The first-order chi connectivity index (χ1) is 11.2. The largest absolute Gasteiger partial charge is 0.361 e. The summed E-state index contributed by atoms with van der Waals surface area (Å²) >= 11 is 0. The Hall–Kier alpha value is -2.42. The lowest BCUT2D eigenvalue weighted by Gasteiger charge is -2.38. The van der Waals surface area contributed by atoms with E-state index in [2.05, 4.69) is 5.16 Å². The van der Waals surface area contributed by atoms with E-state index in [1.807, 2.05) is 26.8 Å². The van der Waals surface area contributed by atoms with Crippen molar-refractivity contribution in [3.63, 3.8) is 0 Å². The monoisotopic (exact) mass is 327 g/mol. The average molecular weight is 327 g/mol. The molecule has 1 atom stereocenters. The van der Waals surface area contributed by atoms with Crippen LogP contribution in [0.25, 0.3) is 0 Å². The standard InChI is InChI=1S/C18H21N3O3/c1-11-12(2)24-20-14(11)16(23)21-6-5-18(10-21)7-13(8-19)15(22)17(3,4)9-18/h7H,5-6,9-10H2,1-4H3/t18-/m1/s1. The predicted octanol–water partition coefficient (Wildman–Crippen LogP) is 2.57. The zero-order chi connectivity index (χ0) is 17.7. The Balaban J connectivity index is 1.88. The molecule has 6 heteroatoms. The van der Waals surface area contributed by atoms with Crippen molar-refractivity contribution < 1.29 is 14.1 Å². The molecule has 1 aliphatic heterocycles. The second-order valence-electron chi connectivity index (χ2n) is 7.61. The number of carbonyl (C=O) groups excluding carboxylic acids is 2. The van der Waals surface area contributed by atoms with E-state index in [0.717, 1.165) is 12.0 Å². The number of Topliss-reactive ketones (excluding diaryl/α,β-unsaturated/α-hetero) is 1. The molecule has 126 valence electrons. The Labute approximate surface area is 141 Å². The van der Waals surface area contributed by atoms with Gasteiger partial charge in [0.25, 0.3) is 5.91 Å². The number of ketones is 1. The van der Waals surface area contributed by atoms with Crippen LogP contribution < -0.4 is 0 Å². The van der Waals surface area contributed by atoms with Crippen LogP contribution in [0.3, 0.4) is 0 Å². The summed E-state index contributed by atoms with van der Waals surface area (Å²) < 4.78 is 5.10. The number of likely N-dealkylation sites (tertiary alicyclic amines) is 1. The van der Waals surface area contributed by atoms with Crippen LogP contribution in [0, 0.1) is 36.0 Å². The molecule has 1 aromatic heterocycles. The topological polar surface area (TPSA) is 87.2 Å². The van der Waals surface area contributed by atoms with Gasteiger partial charge in [0, 0.05) is 29.5 Å². The average Bonchev–Trinajstić information content (AvgIpc) is 3.07. The van der Waals surface area contributed by atoms with E-state index in [0.29, 0.717) is 31.0 Å². The van der Waals surface area contributed by atoms with Gasteiger partial charge in [-0.15, -0.1) is 0 Å². The van der Waals surface area contributed by atoms with Crippen molar-refractivity contribution >= 4 is 11.7 Å². The van der Waals surface area contributed by atoms with Gasteiger partial charge in [-0.3, -0.25) is 9.59 Å². The summed E-state index contributed by atoms with van der Waals surface area (Å²) in [4.78, 5) is 26.8. The molecule has 0 saturated carbocycles. The fourth-order valence-electron chi connectivity index (χ4n) is 3.93. The van der Waals surface area contributed by atoms with Crippen molar-refractivity contribution in [2.75, 3.05) is 13.1 Å². The van der Waals surface area contributed by atoms with Crippen LogP contribution in [0.15, 0.2) is 16.2 Å². The van der Waals surface area contributed by atoms with Crippen LogP contribution >= 0.6 is 0 Å². The fraction of sp³-hybridized carbons (Fsp3) is 0.556. The van der Waals surface area contributed by atoms with Crippen molar-refractivity contribution in [1.82, 2.24) is 10.1 Å². The number of aryl methyl sites for hydroxylation is 1. The quantitative estimate of drug-likeness (QED) is 0.791. The van der Waals surface area contributed by atoms with Gasteiger partial charge >= 0.3 is 0 Å². The highest BCUT2D eigenvalue weighted by atomic mass is 16.5. The summed E-state index contributed by atoms with van der Waals surface area (Å²) in [7, 11) is 0. The van der Waals surface area contributed by atoms with Crippen LogP contribution in [0.5, 0.6) is 0 Å². The molecule has 6 nitrogen and oxygen atoms in total. The Kier molecular flexibility index (Phi) is 3.63. The number of hydrogen-bond donors (Lipinski definition) is 0. The van der Waals surface area contributed by atoms with Crippen LogP contribution in [-0.2, 0) is 4.79 Å². The minimum Gasteiger partial charge on any atom is -0.361 e. The summed E-state index contributed by atoms with van der Waals surface area (Å²) in [5.74, 6) is 0.384. The molecule has 1 spiro atoms. The van der Waals surface area contributed by atoms with Crippen molar-refractivity contribution in [1.29, 1.82) is 5.26 Å². The number of amides is 1. The maximum Gasteiger partial charge on any atom is 0.276 e. The van der Waals surface area contributed by atoms with Gasteiger partial charge in [0.05, 0.1) is 5.57 Å². The van der Waals surface area contributed by atoms with E-state index in [4.69, 9.17) is 4.52 Å². The van der Waals surface area contributed by atoms with E-state index in [1.165, 1.54) is 0 Å². The van der Waals surface area contributed by atoms with Crippen molar-refractivity contribution in [3.05, 3.63) is 28.7 Å². The van der Waals surface area contributed by atoms with Gasteiger partial charge in [0.15, 0.2) is 11.5 Å². The summed E-state index contributed by atoms with van der Waals surface area (Å²) in [6.45, 7) is 8.43. The number of allylic oxidation sites excluding steroid dienone is 1. The molecule has 2 aliphatic rings. The minimum absolute atomic E-state index is 0.108. The molecular weight excluding hydrogens is 306 g/mol. The summed E-state index contributed by atoms with van der Waals surface area (Å²) in [5.41, 5.74) is 0.423. The summed E-state index contributed by atoms with van der Waals surface area (Å²) in [6.07, 6.45) is 3.18. The lowest BCUT2D eigenvalue weighted by Crippen LogP contribution is -2.40. The van der Waals surface area contributed by atoms with Crippen LogP contribution in [-0.4, -0.2) is 34.8 Å². The Morgan fingerprint density at radius 3 is 2.71 bits per heavy atom. The molecule has 0 bridgehead atoms. The molecule has 24 heavy (non-hydrogen) atoms. The second kappa shape index (κ2) is 5.30. The molecule has 1 aliphatic carbocycles. The molecule has 1 amide bonds. The molecule has 3 rings (SSSR count). The van der Waals surface area contributed by atoms with Gasteiger partial charge in [-0.1, -0.05) is 25.1 Å². The van der Waals surface area contributed by atoms with Gasteiger partial charge < -0.3 is 9.42 Å². The lowest BCUT2D eigenvalue weighted by atomic mass is 9.64. The van der Waals surface area contributed by atoms with E-state index < -0.39 is 5.41 Å². The number of nitriles is 1. The number of hydrogen-bond acceptors (Lipinski definition) is 5. The highest BCUT2D eigenvalue weighted by molar-refractivity contribution is 6.03. The number of nitrogens with zero attached hydrogens (tertiary/aromatic N) is 3. The highest BCUT2D eigenvalue weighted by Gasteiger charge is 2.49. The van der Waals surface area contributed by atoms with E-state index in [9.17, 15) is 14.9 Å². The van der Waals surface area contributed by atoms with Gasteiger partial charge in [0.1, 0.15) is 11.8 Å². The molecule has 0 unspecified atom stereocenters. The molecule has 2 heterocycles. The van der Waals surface area contributed by atoms with Gasteiger partial charge in [-0.25, -0.2) is 0 Å². The third-order valence-electron chi connectivity index (χ3n) is 5.26. The lowest BCUT2D eigenvalue weighted by molar-refractivity contribution is -0.125. The van der Waals surface area contributed by atoms with E-state index in [1.54, 1.807) is 17.9 Å². The first-order valence-electron chi connectivity index (χ1n) is 8.09. The van der Waals surface area contributed by atoms with E-state index in [-0.39, 0.29) is 22.7 Å². The predicted molar refractivity (Wildman–Crippen MR) is 86.0 cm³/mol. The number of rotatable bonds is 1. The molecule has 0 radical (unpaired) electrons. The number of aromatic nitrogens is 1. The zero-order valence-corrected chi connectivity index (χ0v) is 14.5. The van der Waals surface area contributed by atoms with Crippen LogP contribution in [0.2, 0.25) is 0 Å². The van der Waals surface area contributed by atoms with Gasteiger partial charge in [-0.05, 0) is 26.7 Å². The third-order valence-corrected chi connectivity index (χ3v) is 5.26. The van der Waals surface area contributed by atoms with Gasteiger partial charge in [-0.2, -0.15) is 5.26 Å². The maximum atomic E-state index is 12.7. The molecule has 1 saturated heterocycles. The highest BCUT2D eigenvalue weighted by Crippen LogP contribution is 2.48. The Bertz CT molecular complexity index is 797. The Morgan fingerprint density at radius 1 is 1.42 bits per heavy atom. The van der Waals surface area contributed by atoms with E-state index >= 15 is 0 Å². The van der Waals surface area contributed by atoms with Gasteiger partial charge in [0.2, 0.25) is 0 Å². The second-order valence-corrected chi connectivity index (χ2v) is 7.61. The maximum absolute atomic E-state index is 12.7. The molecular formula is C18H21N3O3. The Morgan fingerprint density at radius 2 is 2.12 bits per heavy atom.